The molecule has 164 valence electrons. The van der Waals surface area contributed by atoms with Crippen molar-refractivity contribution < 1.29 is 9.47 Å². The minimum atomic E-state index is -0.387. The highest BCUT2D eigenvalue weighted by Gasteiger charge is 2.46. The second kappa shape index (κ2) is 10.9. The van der Waals surface area contributed by atoms with Gasteiger partial charge in [-0.1, -0.05) is 55.2 Å². The molecule has 0 spiro atoms. The van der Waals surface area contributed by atoms with Crippen molar-refractivity contribution in [2.75, 3.05) is 19.8 Å². The van der Waals surface area contributed by atoms with Gasteiger partial charge in [-0.25, -0.2) is 0 Å². The summed E-state index contributed by atoms with van der Waals surface area (Å²) in [6.07, 6.45) is 6.38. The van der Waals surface area contributed by atoms with Crippen LogP contribution in [0.2, 0.25) is 10.0 Å². The third-order valence-corrected chi connectivity index (χ3v) is 7.02. The molecular weight excluding hydrogens is 419 g/mol. The summed E-state index contributed by atoms with van der Waals surface area (Å²) in [6, 6.07) is 11.8. The largest absolute Gasteiger partial charge is 0.375 e. The molecule has 1 saturated heterocycles. The van der Waals surface area contributed by atoms with E-state index < -0.39 is 0 Å². The molecule has 1 N–H and O–H groups in total. The zero-order chi connectivity index (χ0) is 21.5. The Hall–Kier alpha value is -1.17. The lowest BCUT2D eigenvalue weighted by Gasteiger charge is -2.47. The molecule has 1 aliphatic heterocycles. The number of aromatic nitrogens is 1. The van der Waals surface area contributed by atoms with Crippen molar-refractivity contribution in [3.05, 3.63) is 63.9 Å². The first kappa shape index (κ1) is 23.5. The van der Waals surface area contributed by atoms with Gasteiger partial charge in [-0.05, 0) is 49.6 Å². The Morgan fingerprint density at radius 1 is 1.13 bits per heavy atom. The minimum Gasteiger partial charge on any atom is -0.375 e. The van der Waals surface area contributed by atoms with E-state index in [1.54, 1.807) is 6.07 Å². The van der Waals surface area contributed by atoms with Gasteiger partial charge in [0.15, 0.2) is 0 Å². The summed E-state index contributed by atoms with van der Waals surface area (Å²) in [5, 5.41) is 4.64. The Labute approximate surface area is 190 Å². The maximum Gasteiger partial charge on any atom is 0.115 e. The summed E-state index contributed by atoms with van der Waals surface area (Å²) in [7, 11) is 0. The van der Waals surface area contributed by atoms with Gasteiger partial charge in [0.25, 0.3) is 0 Å². The molecule has 0 saturated carbocycles. The van der Waals surface area contributed by atoms with Crippen LogP contribution < -0.4 is 5.32 Å². The highest BCUT2D eigenvalue weighted by atomic mass is 35.5. The van der Waals surface area contributed by atoms with Crippen LogP contribution in [0.1, 0.15) is 57.2 Å². The van der Waals surface area contributed by atoms with Crippen LogP contribution in [0, 0.1) is 0 Å². The lowest BCUT2D eigenvalue weighted by atomic mass is 9.77. The molecule has 30 heavy (non-hydrogen) atoms. The van der Waals surface area contributed by atoms with Crippen molar-refractivity contribution in [3.63, 3.8) is 0 Å². The zero-order valence-electron chi connectivity index (χ0n) is 17.9. The number of ether oxygens (including phenoxy) is 2. The molecule has 2 aromatic rings. The quantitative estimate of drug-likeness (QED) is 0.440. The van der Waals surface area contributed by atoms with Crippen molar-refractivity contribution in [2.24, 2.45) is 0 Å². The summed E-state index contributed by atoms with van der Waals surface area (Å²) in [5.74, 6) is 0. The van der Waals surface area contributed by atoms with Crippen molar-refractivity contribution in [1.29, 1.82) is 0 Å². The molecule has 6 heteroatoms. The minimum absolute atomic E-state index is 0.142. The normalized spacial score (nSPS) is 20.9. The average Bonchev–Trinajstić information content (AvgIpc) is 2.79. The molecule has 3 rings (SSSR count). The van der Waals surface area contributed by atoms with Gasteiger partial charge in [0.2, 0.25) is 0 Å². The Morgan fingerprint density at radius 3 is 2.70 bits per heavy atom. The molecule has 4 nitrogen and oxygen atoms in total. The predicted molar refractivity (Wildman–Crippen MR) is 123 cm³/mol. The monoisotopic (exact) mass is 450 g/mol. The Balaban J connectivity index is 1.57. The van der Waals surface area contributed by atoms with Gasteiger partial charge in [0.1, 0.15) is 5.60 Å². The fraction of sp³-hybridized carbons (Fsp3) is 0.542. The van der Waals surface area contributed by atoms with Crippen LogP contribution in [0.4, 0.5) is 0 Å². The summed E-state index contributed by atoms with van der Waals surface area (Å²) in [5.41, 5.74) is 1.49. The standard InChI is InChI=1S/C24H32Cl2N2O2/c1-3-23(4-2)18-24(12-16-29-23,21-11-5-6-14-28-21)30-15-8-13-27-17-19-9-7-10-20(25)22(19)26/h5-7,9-11,14,27H,3-4,8,12-13,15-18H2,1-2H3. The molecule has 0 aliphatic carbocycles. The first-order valence-corrected chi connectivity index (χ1v) is 11.6. The van der Waals surface area contributed by atoms with Gasteiger partial charge in [-0.3, -0.25) is 4.98 Å². The molecule has 0 bridgehead atoms. The van der Waals surface area contributed by atoms with Crippen LogP contribution in [0.25, 0.3) is 0 Å². The predicted octanol–water partition coefficient (Wildman–Crippen LogP) is 6.15. The van der Waals surface area contributed by atoms with Crippen LogP contribution in [-0.4, -0.2) is 30.3 Å². The molecule has 1 atom stereocenters. The van der Waals surface area contributed by atoms with Crippen molar-refractivity contribution >= 4 is 23.2 Å². The summed E-state index contributed by atoms with van der Waals surface area (Å²) in [4.78, 5) is 4.66. The Kier molecular flexibility index (Phi) is 8.55. The molecule has 0 amide bonds. The van der Waals surface area contributed by atoms with E-state index in [0.717, 1.165) is 49.9 Å². The molecule has 1 aromatic carbocycles. The maximum absolute atomic E-state index is 6.58. The molecule has 1 fully saturated rings. The van der Waals surface area contributed by atoms with Crippen LogP contribution in [0.5, 0.6) is 0 Å². The van der Waals surface area contributed by atoms with E-state index in [-0.39, 0.29) is 11.2 Å². The summed E-state index contributed by atoms with van der Waals surface area (Å²) >= 11 is 12.3. The summed E-state index contributed by atoms with van der Waals surface area (Å²) < 4.78 is 12.8. The van der Waals surface area contributed by atoms with E-state index in [1.807, 2.05) is 30.5 Å². The van der Waals surface area contributed by atoms with E-state index in [0.29, 0.717) is 29.8 Å². The maximum atomic E-state index is 6.58. The van der Waals surface area contributed by atoms with Crippen molar-refractivity contribution in [2.45, 2.75) is 63.7 Å². The first-order valence-electron chi connectivity index (χ1n) is 10.9. The highest BCUT2D eigenvalue weighted by Crippen LogP contribution is 2.44. The lowest BCUT2D eigenvalue weighted by Crippen LogP contribution is -2.48. The molecule has 1 aliphatic rings. The number of nitrogens with one attached hydrogen (secondary N) is 1. The van der Waals surface area contributed by atoms with Gasteiger partial charge in [0, 0.05) is 32.2 Å². The third-order valence-electron chi connectivity index (χ3n) is 6.17. The van der Waals surface area contributed by atoms with E-state index in [1.165, 1.54) is 0 Å². The number of pyridine rings is 1. The van der Waals surface area contributed by atoms with E-state index in [4.69, 9.17) is 32.7 Å². The second-order valence-electron chi connectivity index (χ2n) is 7.97. The number of nitrogens with zero attached hydrogens (tertiary/aromatic N) is 1. The Morgan fingerprint density at radius 2 is 1.97 bits per heavy atom. The number of halogens is 2. The topological polar surface area (TPSA) is 43.4 Å². The van der Waals surface area contributed by atoms with Gasteiger partial charge in [-0.15, -0.1) is 0 Å². The lowest BCUT2D eigenvalue weighted by molar-refractivity contribution is -0.191. The zero-order valence-corrected chi connectivity index (χ0v) is 19.4. The number of hydrogen-bond acceptors (Lipinski definition) is 4. The van der Waals surface area contributed by atoms with Crippen molar-refractivity contribution in [3.8, 4) is 0 Å². The van der Waals surface area contributed by atoms with Crippen LogP contribution >= 0.6 is 23.2 Å². The highest BCUT2D eigenvalue weighted by molar-refractivity contribution is 6.42. The smallest absolute Gasteiger partial charge is 0.115 e. The van der Waals surface area contributed by atoms with Gasteiger partial charge in [0.05, 0.1) is 27.9 Å². The molecule has 0 radical (unpaired) electrons. The molecule has 1 unspecified atom stereocenters. The van der Waals surface area contributed by atoms with Crippen LogP contribution in [-0.2, 0) is 21.6 Å². The summed E-state index contributed by atoms with van der Waals surface area (Å²) in [6.45, 7) is 7.28. The van der Waals surface area contributed by atoms with Crippen LogP contribution in [0.15, 0.2) is 42.6 Å². The van der Waals surface area contributed by atoms with Gasteiger partial charge < -0.3 is 14.8 Å². The van der Waals surface area contributed by atoms with Crippen LogP contribution in [0.3, 0.4) is 0 Å². The van der Waals surface area contributed by atoms with Gasteiger partial charge in [-0.2, -0.15) is 0 Å². The van der Waals surface area contributed by atoms with E-state index in [2.05, 4.69) is 30.2 Å². The number of hydrogen-bond donors (Lipinski definition) is 1. The van der Waals surface area contributed by atoms with Crippen molar-refractivity contribution in [1.82, 2.24) is 10.3 Å². The van der Waals surface area contributed by atoms with Gasteiger partial charge >= 0.3 is 0 Å². The van der Waals surface area contributed by atoms with E-state index in [9.17, 15) is 0 Å². The second-order valence-corrected chi connectivity index (χ2v) is 8.75. The third kappa shape index (κ3) is 5.54. The fourth-order valence-corrected chi connectivity index (χ4v) is 4.60. The Bertz CT molecular complexity index is 799. The molecule has 2 heterocycles. The fourth-order valence-electron chi connectivity index (χ4n) is 4.22. The first-order chi connectivity index (χ1) is 14.5. The average molecular weight is 451 g/mol. The number of benzene rings is 1. The van der Waals surface area contributed by atoms with E-state index >= 15 is 0 Å². The number of rotatable bonds is 10. The molecular formula is C24H32Cl2N2O2. The molecule has 1 aromatic heterocycles. The SMILES string of the molecule is CCC1(CC)CC(OCCCNCc2cccc(Cl)c2Cl)(c2ccccn2)CCO1.